The number of hydrogen-bond donors (Lipinski definition) is 0. The Labute approximate surface area is 406 Å². The predicted octanol–water partition coefficient (Wildman–Crippen LogP) is 16.1. The number of imidazole rings is 1. The summed E-state index contributed by atoms with van der Waals surface area (Å²) in [5, 5.41) is 1.48. The van der Waals surface area contributed by atoms with Gasteiger partial charge in [-0.05, 0) is 98.7 Å². The molecule has 2 aliphatic rings. The van der Waals surface area contributed by atoms with E-state index in [4.69, 9.17) is 9.97 Å². The maximum absolute atomic E-state index is 5.34. The number of fused-ring (bicyclic) bond motifs is 4. The van der Waals surface area contributed by atoms with Gasteiger partial charge in [0.2, 0.25) is 0 Å². The molecule has 5 heteroatoms. The molecule has 1 radical (unpaired) electrons. The van der Waals surface area contributed by atoms with Crippen LogP contribution in [0.15, 0.2) is 103 Å². The van der Waals surface area contributed by atoms with E-state index in [1.54, 1.807) is 0 Å². The van der Waals surface area contributed by atoms with E-state index in [1.807, 2.05) is 18.2 Å². The summed E-state index contributed by atoms with van der Waals surface area (Å²) in [6.07, 6.45) is 9.94. The zero-order valence-corrected chi connectivity index (χ0v) is 44.9. The predicted molar refractivity (Wildman–Crippen MR) is 276 cm³/mol. The molecule has 0 N–H and O–H groups in total. The topological polar surface area (TPSA) is 30.7 Å². The minimum atomic E-state index is -1.37. The van der Waals surface area contributed by atoms with Gasteiger partial charge in [0, 0.05) is 32.0 Å². The van der Waals surface area contributed by atoms with Gasteiger partial charge in [0.05, 0.1) is 24.9 Å². The number of aromatic nitrogens is 3. The van der Waals surface area contributed by atoms with Crippen molar-refractivity contribution in [3.63, 3.8) is 0 Å². The van der Waals surface area contributed by atoms with E-state index in [0.717, 1.165) is 40.1 Å². The molecule has 3 nitrogen and oxygen atoms in total. The third-order valence-electron chi connectivity index (χ3n) is 13.8. The van der Waals surface area contributed by atoms with Crippen molar-refractivity contribution in [1.29, 1.82) is 0 Å². The third kappa shape index (κ3) is 9.86. The zero-order valence-electron chi connectivity index (χ0n) is 41.5. The van der Waals surface area contributed by atoms with Crippen molar-refractivity contribution in [3.05, 3.63) is 154 Å². The normalized spacial score (nSPS) is 14.8. The fourth-order valence-corrected chi connectivity index (χ4v) is 12.4. The molecule has 2 aromatic heterocycles. The first kappa shape index (κ1) is 48.5. The van der Waals surface area contributed by atoms with Gasteiger partial charge in [-0.25, -0.2) is 0 Å². The Morgan fingerprint density at radius 1 is 0.785 bits per heavy atom. The number of benzene rings is 5. The molecule has 0 bridgehead atoms. The fourth-order valence-electron chi connectivity index (χ4n) is 10.8. The van der Waals surface area contributed by atoms with Crippen molar-refractivity contribution in [2.45, 2.75) is 151 Å². The van der Waals surface area contributed by atoms with Crippen LogP contribution in [0.3, 0.4) is 0 Å². The van der Waals surface area contributed by atoms with E-state index < -0.39 is 8.07 Å². The van der Waals surface area contributed by atoms with E-state index in [-0.39, 0.29) is 30.9 Å². The quantitative estimate of drug-likeness (QED) is 0.112. The molecule has 1 fully saturated rings. The molecular formula is C60H71IrN3Si-2. The van der Waals surface area contributed by atoms with Crippen molar-refractivity contribution in [1.82, 2.24) is 14.5 Å². The molecule has 2 heterocycles. The molecule has 9 rings (SSSR count). The second kappa shape index (κ2) is 19.1. The van der Waals surface area contributed by atoms with Crippen LogP contribution in [0.4, 0.5) is 0 Å². The minimum absolute atomic E-state index is 0. The molecule has 65 heavy (non-hydrogen) atoms. The van der Waals surface area contributed by atoms with Gasteiger partial charge in [-0.1, -0.05) is 174 Å². The van der Waals surface area contributed by atoms with Gasteiger partial charge in [0.25, 0.3) is 0 Å². The number of pyridine rings is 1. The van der Waals surface area contributed by atoms with E-state index in [0.29, 0.717) is 17.8 Å². The summed E-state index contributed by atoms with van der Waals surface area (Å²) in [5.74, 6) is 2.45. The standard InChI is InChI=1S/C41H45N2.C19H26NSi.Ir/c1-25(2)31-16-13-17-32(26(3)4)39(31)43-37-19-12-11-18-36(37)42-40(43)30-22-27(5)38-34(24-30)33-23-29(28-14-9-8-10-15-28)20-21-35(33)41(38,6)7;1-19(2,3)13-16-12-17(15-10-8-7-9-11-15)20-14-18(16)21(4,5)6;/h11-13,16-21,23-26,28H,8-10,14-15H2,1-7H3;7-10,12,14H,13H2,1-6H3;/q2*-1;. The molecule has 0 amide bonds. The van der Waals surface area contributed by atoms with Crippen LogP contribution in [0.5, 0.6) is 0 Å². The Bertz CT molecular complexity index is 2760. The van der Waals surface area contributed by atoms with Crippen molar-refractivity contribution in [2.75, 3.05) is 0 Å². The summed E-state index contributed by atoms with van der Waals surface area (Å²) >= 11 is 0. The largest absolute Gasteiger partial charge is 0.333 e. The van der Waals surface area contributed by atoms with E-state index in [1.165, 1.54) is 93.0 Å². The molecule has 2 aliphatic carbocycles. The minimum Gasteiger partial charge on any atom is -0.333 e. The molecule has 0 aliphatic heterocycles. The van der Waals surface area contributed by atoms with E-state index >= 15 is 0 Å². The average Bonchev–Trinajstić information content (AvgIpc) is 3.75. The second-order valence-electron chi connectivity index (χ2n) is 22.2. The van der Waals surface area contributed by atoms with E-state index in [2.05, 4.69) is 191 Å². The molecule has 5 aromatic carbocycles. The molecule has 341 valence electrons. The summed E-state index contributed by atoms with van der Waals surface area (Å²) in [4.78, 5) is 10.1. The van der Waals surface area contributed by atoms with Crippen molar-refractivity contribution in [2.24, 2.45) is 5.41 Å². The van der Waals surface area contributed by atoms with Gasteiger partial charge in [-0.2, -0.15) is 0 Å². The monoisotopic (exact) mass is 1050 g/mol. The second-order valence-corrected chi connectivity index (χ2v) is 27.2. The molecular weight excluding hydrogens is 983 g/mol. The van der Waals surface area contributed by atoms with Crippen LogP contribution in [-0.2, 0) is 31.9 Å². The molecule has 7 aromatic rings. The number of rotatable bonds is 8. The summed E-state index contributed by atoms with van der Waals surface area (Å²) in [5.41, 5.74) is 19.4. The Hall–Kier alpha value is -4.41. The first-order valence-corrected chi connectivity index (χ1v) is 27.6. The van der Waals surface area contributed by atoms with Gasteiger partial charge in [-0.15, -0.1) is 64.7 Å². The van der Waals surface area contributed by atoms with Gasteiger partial charge < -0.3 is 9.55 Å². The Morgan fingerprint density at radius 3 is 2.09 bits per heavy atom. The zero-order chi connectivity index (χ0) is 45.7. The number of hydrogen-bond acceptors (Lipinski definition) is 2. The summed E-state index contributed by atoms with van der Waals surface area (Å²) in [7, 11) is -1.37. The molecule has 0 spiro atoms. The SMILES string of the molecule is CC(C)(C)Cc1cc(-c2[c-]cccc2)ncc1[Si](C)(C)C.Cc1[c-]c(-c2nc3ccccc3n2-c2c(C(C)C)cccc2C(C)C)cc2c1C(C)(C)c1ccc(C3CCCCC3)cc1-2.[Ir]. The maximum Gasteiger partial charge on any atom is 0.0798 e. The number of nitrogens with zero attached hydrogens (tertiary/aromatic N) is 3. The number of aryl methyl sites for hydroxylation is 1. The van der Waals surface area contributed by atoms with Crippen molar-refractivity contribution in [3.8, 4) is 39.5 Å². The summed E-state index contributed by atoms with van der Waals surface area (Å²) < 4.78 is 2.44. The summed E-state index contributed by atoms with van der Waals surface area (Å²) in [6, 6.07) is 42.8. The fraction of sp³-hybridized carbons (Fsp3) is 0.400. The first-order chi connectivity index (χ1) is 30.3. The molecule has 0 atom stereocenters. The van der Waals surface area contributed by atoms with Crippen LogP contribution in [0.2, 0.25) is 19.6 Å². The van der Waals surface area contributed by atoms with Crippen LogP contribution < -0.4 is 5.19 Å². The van der Waals surface area contributed by atoms with Gasteiger partial charge in [0.15, 0.2) is 0 Å². The van der Waals surface area contributed by atoms with Gasteiger partial charge >= 0.3 is 0 Å². The summed E-state index contributed by atoms with van der Waals surface area (Å²) in [6.45, 7) is 30.3. The van der Waals surface area contributed by atoms with Crippen LogP contribution in [0, 0.1) is 24.5 Å². The van der Waals surface area contributed by atoms with Crippen molar-refractivity contribution < 1.29 is 20.1 Å². The van der Waals surface area contributed by atoms with Gasteiger partial charge in [-0.3, -0.25) is 4.98 Å². The Balaban J connectivity index is 0.000000242. The van der Waals surface area contributed by atoms with Crippen LogP contribution in [0.1, 0.15) is 151 Å². The van der Waals surface area contributed by atoms with Crippen LogP contribution in [0.25, 0.3) is 50.5 Å². The van der Waals surface area contributed by atoms with Crippen LogP contribution >= 0.6 is 0 Å². The first-order valence-electron chi connectivity index (χ1n) is 24.1. The Kier molecular flexibility index (Phi) is 14.2. The molecule has 1 saturated carbocycles. The van der Waals surface area contributed by atoms with Gasteiger partial charge in [0.1, 0.15) is 0 Å². The maximum atomic E-state index is 5.34. The molecule has 0 saturated heterocycles. The third-order valence-corrected chi connectivity index (χ3v) is 15.9. The van der Waals surface area contributed by atoms with Crippen molar-refractivity contribution >= 4 is 24.3 Å². The smallest absolute Gasteiger partial charge is 0.0798 e. The molecule has 0 unspecified atom stereocenters. The Morgan fingerprint density at radius 2 is 1.46 bits per heavy atom. The average molecular weight is 1050 g/mol. The van der Waals surface area contributed by atoms with E-state index in [9.17, 15) is 0 Å². The number of para-hydroxylation sites is 3. The van der Waals surface area contributed by atoms with Crippen LogP contribution in [-0.4, -0.2) is 22.6 Å².